The number of nitrogens with zero attached hydrogens (tertiary/aromatic N) is 2. The Balaban J connectivity index is 1.85. The number of hydrogen-bond donors (Lipinski definition) is 1. The molecular weight excluding hydrogens is 302 g/mol. The van der Waals surface area contributed by atoms with E-state index >= 15 is 0 Å². The molecule has 1 unspecified atom stereocenters. The Hall–Kier alpha value is -1.44. The van der Waals surface area contributed by atoms with E-state index in [4.69, 9.17) is 10.3 Å². The Bertz CT molecular complexity index is 782. The summed E-state index contributed by atoms with van der Waals surface area (Å²) in [6, 6.07) is 7.31. The summed E-state index contributed by atoms with van der Waals surface area (Å²) in [5.74, 6) is -0.144. The van der Waals surface area contributed by atoms with Gasteiger partial charge in [0.05, 0.1) is 0 Å². The van der Waals surface area contributed by atoms with E-state index in [0.717, 1.165) is 5.39 Å². The molecule has 6 nitrogen and oxygen atoms in total. The van der Waals surface area contributed by atoms with Gasteiger partial charge in [-0.25, -0.2) is 12.7 Å². The van der Waals surface area contributed by atoms with Crippen LogP contribution in [0, 0.1) is 5.41 Å². The zero-order valence-corrected chi connectivity index (χ0v) is 13.6. The second-order valence-corrected chi connectivity index (χ2v) is 8.57. The molecule has 2 N–H and O–H groups in total. The number of piperidine rings is 1. The average molecular weight is 323 g/mol. The molecule has 2 heterocycles. The van der Waals surface area contributed by atoms with Crippen molar-refractivity contribution in [1.29, 1.82) is 0 Å². The number of aromatic nitrogens is 1. The van der Waals surface area contributed by atoms with Crippen LogP contribution in [0.3, 0.4) is 0 Å². The van der Waals surface area contributed by atoms with Gasteiger partial charge < -0.3 is 10.3 Å². The third-order valence-corrected chi connectivity index (χ3v) is 6.18. The lowest BCUT2D eigenvalue weighted by atomic mass is 9.81. The van der Waals surface area contributed by atoms with E-state index in [0.29, 0.717) is 30.8 Å². The highest BCUT2D eigenvalue weighted by atomic mass is 32.2. The maximum Gasteiger partial charge on any atom is 0.220 e. The fourth-order valence-electron chi connectivity index (χ4n) is 2.87. The Morgan fingerprint density at radius 1 is 1.41 bits per heavy atom. The summed E-state index contributed by atoms with van der Waals surface area (Å²) in [5, 5.41) is 4.67. The minimum Gasteiger partial charge on any atom is -0.356 e. The predicted octanol–water partition coefficient (Wildman–Crippen LogP) is 1.72. The van der Waals surface area contributed by atoms with Crippen molar-refractivity contribution in [3.63, 3.8) is 0 Å². The third kappa shape index (κ3) is 2.76. The van der Waals surface area contributed by atoms with Gasteiger partial charge in [0.2, 0.25) is 10.0 Å². The van der Waals surface area contributed by atoms with E-state index in [-0.39, 0.29) is 17.2 Å². The van der Waals surface area contributed by atoms with Crippen molar-refractivity contribution in [3.05, 3.63) is 30.0 Å². The summed E-state index contributed by atoms with van der Waals surface area (Å²) in [4.78, 5) is 0. The highest BCUT2D eigenvalue weighted by molar-refractivity contribution is 7.88. The van der Waals surface area contributed by atoms with Crippen LogP contribution in [0.25, 0.3) is 11.0 Å². The largest absolute Gasteiger partial charge is 0.356 e. The molecular formula is C15H21N3O3S. The van der Waals surface area contributed by atoms with E-state index in [1.54, 1.807) is 6.07 Å². The van der Waals surface area contributed by atoms with Crippen molar-refractivity contribution < 1.29 is 12.9 Å². The summed E-state index contributed by atoms with van der Waals surface area (Å²) < 4.78 is 32.1. The maximum atomic E-state index is 12.7. The summed E-state index contributed by atoms with van der Waals surface area (Å²) in [5.41, 5.74) is 6.92. The van der Waals surface area contributed by atoms with Crippen LogP contribution in [0.4, 0.5) is 0 Å². The molecule has 3 rings (SSSR count). The van der Waals surface area contributed by atoms with Crippen molar-refractivity contribution in [3.8, 4) is 0 Å². The Morgan fingerprint density at radius 2 is 2.14 bits per heavy atom. The van der Waals surface area contributed by atoms with Crippen LogP contribution < -0.4 is 5.73 Å². The molecule has 1 aliphatic heterocycles. The molecule has 0 spiro atoms. The Morgan fingerprint density at radius 3 is 2.86 bits per heavy atom. The molecule has 0 saturated carbocycles. The number of sulfonamides is 1. The van der Waals surface area contributed by atoms with Crippen molar-refractivity contribution >= 4 is 21.0 Å². The van der Waals surface area contributed by atoms with E-state index in [2.05, 4.69) is 5.16 Å². The van der Waals surface area contributed by atoms with Gasteiger partial charge in [0.15, 0.2) is 5.58 Å². The van der Waals surface area contributed by atoms with E-state index in [1.807, 2.05) is 32.0 Å². The van der Waals surface area contributed by atoms with Crippen LogP contribution in [0.2, 0.25) is 0 Å². The SMILES string of the molecule is CC1(C)CN(S(=O)(=O)Cc2noc3ccccc23)CCC1N. The van der Waals surface area contributed by atoms with Gasteiger partial charge in [-0.2, -0.15) is 0 Å². The molecule has 0 radical (unpaired) electrons. The standard InChI is InChI=1S/C15H21N3O3S/c1-15(2)10-18(8-7-14(15)16)22(19,20)9-12-11-5-3-4-6-13(11)21-17-12/h3-6,14H,7-10,16H2,1-2H3. The van der Waals surface area contributed by atoms with Crippen LogP contribution in [0.15, 0.2) is 28.8 Å². The second kappa shape index (κ2) is 5.33. The summed E-state index contributed by atoms with van der Waals surface area (Å²) in [6.07, 6.45) is 0.672. The first kappa shape index (κ1) is 15.5. The van der Waals surface area contributed by atoms with Crippen LogP contribution in [-0.4, -0.2) is 37.0 Å². The Labute approximate surface area is 130 Å². The van der Waals surface area contributed by atoms with Gasteiger partial charge in [0, 0.05) is 24.5 Å². The molecule has 0 amide bonds. The van der Waals surface area contributed by atoms with Gasteiger partial charge >= 0.3 is 0 Å². The lowest BCUT2D eigenvalue weighted by Gasteiger charge is -2.41. The predicted molar refractivity (Wildman–Crippen MR) is 84.6 cm³/mol. The maximum absolute atomic E-state index is 12.7. The van der Waals surface area contributed by atoms with Gasteiger partial charge in [-0.3, -0.25) is 0 Å². The van der Waals surface area contributed by atoms with Crippen LogP contribution in [0.1, 0.15) is 26.0 Å². The zero-order valence-electron chi connectivity index (χ0n) is 12.8. The van der Waals surface area contributed by atoms with E-state index in [9.17, 15) is 8.42 Å². The van der Waals surface area contributed by atoms with Crippen LogP contribution in [0.5, 0.6) is 0 Å². The van der Waals surface area contributed by atoms with E-state index < -0.39 is 10.0 Å². The first-order chi connectivity index (χ1) is 10.3. The molecule has 0 aliphatic carbocycles. The van der Waals surface area contributed by atoms with Crippen LogP contribution in [-0.2, 0) is 15.8 Å². The number of nitrogens with two attached hydrogens (primary N) is 1. The first-order valence-electron chi connectivity index (χ1n) is 7.36. The fourth-order valence-corrected chi connectivity index (χ4v) is 4.52. The van der Waals surface area contributed by atoms with Gasteiger partial charge in [0.1, 0.15) is 11.4 Å². The Kier molecular flexibility index (Phi) is 3.74. The second-order valence-electron chi connectivity index (χ2n) is 6.60. The quantitative estimate of drug-likeness (QED) is 0.929. The molecule has 1 aliphatic rings. The molecule has 22 heavy (non-hydrogen) atoms. The topological polar surface area (TPSA) is 89.4 Å². The molecule has 1 atom stereocenters. The minimum atomic E-state index is -3.44. The molecule has 1 aromatic carbocycles. The molecule has 7 heteroatoms. The normalized spacial score (nSPS) is 23.0. The molecule has 0 bridgehead atoms. The van der Waals surface area contributed by atoms with Crippen molar-refractivity contribution in [2.75, 3.05) is 13.1 Å². The van der Waals surface area contributed by atoms with Crippen LogP contribution >= 0.6 is 0 Å². The summed E-state index contributed by atoms with van der Waals surface area (Å²) in [7, 11) is -3.44. The monoisotopic (exact) mass is 323 g/mol. The lowest BCUT2D eigenvalue weighted by Crippen LogP contribution is -2.54. The van der Waals surface area contributed by atoms with Gasteiger partial charge in [-0.15, -0.1) is 0 Å². The fraction of sp³-hybridized carbons (Fsp3) is 0.533. The van der Waals surface area contributed by atoms with Gasteiger partial charge in [-0.05, 0) is 24.0 Å². The van der Waals surface area contributed by atoms with Gasteiger partial charge in [-0.1, -0.05) is 31.1 Å². The highest BCUT2D eigenvalue weighted by Gasteiger charge is 2.38. The average Bonchev–Trinajstić information content (AvgIpc) is 2.84. The number of benzene rings is 1. The van der Waals surface area contributed by atoms with Crippen molar-refractivity contribution in [2.45, 2.75) is 32.1 Å². The molecule has 2 aromatic rings. The number of hydrogen-bond acceptors (Lipinski definition) is 5. The minimum absolute atomic E-state index is 0.0202. The number of rotatable bonds is 3. The van der Waals surface area contributed by atoms with E-state index in [1.165, 1.54) is 4.31 Å². The van der Waals surface area contributed by atoms with Crippen molar-refractivity contribution in [2.24, 2.45) is 11.1 Å². The zero-order chi connectivity index (χ0) is 16.0. The molecule has 1 aromatic heterocycles. The summed E-state index contributed by atoms with van der Waals surface area (Å²) >= 11 is 0. The first-order valence-corrected chi connectivity index (χ1v) is 8.97. The van der Waals surface area contributed by atoms with Crippen molar-refractivity contribution in [1.82, 2.24) is 9.46 Å². The van der Waals surface area contributed by atoms with Gasteiger partial charge in [0.25, 0.3) is 0 Å². The molecule has 1 fully saturated rings. The number of fused-ring (bicyclic) bond motifs is 1. The summed E-state index contributed by atoms with van der Waals surface area (Å²) in [6.45, 7) is 4.91. The lowest BCUT2D eigenvalue weighted by molar-refractivity contribution is 0.155. The highest BCUT2D eigenvalue weighted by Crippen LogP contribution is 2.30. The smallest absolute Gasteiger partial charge is 0.220 e. The molecule has 1 saturated heterocycles. The number of para-hydroxylation sites is 1. The third-order valence-electron chi connectivity index (χ3n) is 4.44. The molecule has 120 valence electrons.